The molecule has 0 saturated carbocycles. The highest BCUT2D eigenvalue weighted by atomic mass is 33.5. The second-order valence-corrected chi connectivity index (χ2v) is 5.48. The Morgan fingerprint density at radius 2 is 2.06 bits per heavy atom. The molecule has 0 unspecified atom stereocenters. The second-order valence-electron chi connectivity index (χ2n) is 2.67. The molecule has 0 aromatic heterocycles. The van der Waals surface area contributed by atoms with Gasteiger partial charge in [0, 0.05) is 16.5 Å². The maximum atomic E-state index is 12.3. The third-order valence-corrected chi connectivity index (χ3v) is 3.11. The molecule has 1 rings (SSSR count). The zero-order valence-electron chi connectivity index (χ0n) is 7.62. The first-order valence-electron chi connectivity index (χ1n) is 3.90. The van der Waals surface area contributed by atoms with Crippen molar-refractivity contribution in [2.45, 2.75) is 6.18 Å². The van der Waals surface area contributed by atoms with Gasteiger partial charge in [-0.15, -0.1) is 0 Å². The van der Waals surface area contributed by atoms with Gasteiger partial charge in [0.2, 0.25) is 0 Å². The number of nitrogens with one attached hydrogen (secondary N) is 1. The summed E-state index contributed by atoms with van der Waals surface area (Å²) in [5, 5.41) is 0. The molecule has 0 bridgehead atoms. The number of rotatable bonds is 3. The molecule has 0 heterocycles. The molecule has 1 aromatic carbocycles. The van der Waals surface area contributed by atoms with Crippen LogP contribution in [-0.4, -0.2) is 5.91 Å². The summed E-state index contributed by atoms with van der Waals surface area (Å²) in [5.74, 6) is -0.586. The number of amides is 1. The standard InChI is InChI=1S/C8H6F3NOS3/c9-8(10,11)6-3-1-2-5(4-6)7(13)12-15-16-14/h1-4,14H,(H,12,13). The maximum absolute atomic E-state index is 12.3. The molecule has 0 fully saturated rings. The molecule has 0 saturated heterocycles. The molecule has 88 valence electrons. The van der Waals surface area contributed by atoms with Crippen LogP contribution in [0, 0.1) is 0 Å². The summed E-state index contributed by atoms with van der Waals surface area (Å²) in [4.78, 5) is 11.3. The SMILES string of the molecule is O=C(NSSS)c1cccc(C(F)(F)F)c1. The molecule has 8 heteroatoms. The predicted octanol–water partition coefficient (Wildman–Crippen LogP) is 3.58. The maximum Gasteiger partial charge on any atom is 0.416 e. The highest BCUT2D eigenvalue weighted by Crippen LogP contribution is 2.29. The Kier molecular flexibility index (Phi) is 4.88. The quantitative estimate of drug-likeness (QED) is 0.505. The largest absolute Gasteiger partial charge is 0.416 e. The lowest BCUT2D eigenvalue weighted by atomic mass is 10.1. The van der Waals surface area contributed by atoms with Crippen LogP contribution in [0.4, 0.5) is 13.2 Å². The molecular weight excluding hydrogens is 279 g/mol. The van der Waals surface area contributed by atoms with Crippen molar-refractivity contribution in [3.63, 3.8) is 0 Å². The average Bonchev–Trinajstić information content (AvgIpc) is 2.25. The Balaban J connectivity index is 2.86. The third-order valence-electron chi connectivity index (χ3n) is 1.62. The number of halogens is 3. The van der Waals surface area contributed by atoms with Gasteiger partial charge in [0.05, 0.1) is 5.56 Å². The van der Waals surface area contributed by atoms with E-state index in [1.807, 2.05) is 0 Å². The number of thiol groups is 1. The van der Waals surface area contributed by atoms with Gasteiger partial charge in [-0.25, -0.2) is 0 Å². The van der Waals surface area contributed by atoms with Gasteiger partial charge in [-0.3, -0.25) is 9.52 Å². The van der Waals surface area contributed by atoms with Gasteiger partial charge in [-0.05, 0) is 28.0 Å². The third kappa shape index (κ3) is 3.84. The van der Waals surface area contributed by atoms with Crippen LogP contribution < -0.4 is 4.72 Å². The second kappa shape index (κ2) is 5.74. The van der Waals surface area contributed by atoms with Gasteiger partial charge in [0.15, 0.2) is 0 Å². The molecule has 1 amide bonds. The summed E-state index contributed by atoms with van der Waals surface area (Å²) in [6.45, 7) is 0. The molecule has 0 aliphatic heterocycles. The first-order valence-corrected chi connectivity index (χ1v) is 7.10. The Labute approximate surface area is 103 Å². The lowest BCUT2D eigenvalue weighted by molar-refractivity contribution is -0.137. The lowest BCUT2D eigenvalue weighted by Crippen LogP contribution is -2.15. The lowest BCUT2D eigenvalue weighted by Gasteiger charge is -2.08. The molecule has 0 aliphatic carbocycles. The van der Waals surface area contributed by atoms with E-state index in [-0.39, 0.29) is 5.56 Å². The highest BCUT2D eigenvalue weighted by Gasteiger charge is 2.30. The van der Waals surface area contributed by atoms with E-state index in [2.05, 4.69) is 16.4 Å². The van der Waals surface area contributed by atoms with E-state index >= 15 is 0 Å². The summed E-state index contributed by atoms with van der Waals surface area (Å²) < 4.78 is 39.3. The Bertz CT molecular complexity index is 383. The van der Waals surface area contributed by atoms with Gasteiger partial charge in [0.25, 0.3) is 5.91 Å². The number of carbonyl (C=O) groups excluding carboxylic acids is 1. The molecule has 2 nitrogen and oxygen atoms in total. The van der Waals surface area contributed by atoms with Gasteiger partial charge >= 0.3 is 6.18 Å². The van der Waals surface area contributed by atoms with Gasteiger partial charge in [-0.2, -0.15) is 13.2 Å². The Hall–Kier alpha value is -0.470. The zero-order chi connectivity index (χ0) is 12.2. The van der Waals surface area contributed by atoms with Crippen LogP contribution in [0.2, 0.25) is 0 Å². The number of alkyl halides is 3. The molecule has 16 heavy (non-hydrogen) atoms. The molecule has 0 aliphatic rings. The van der Waals surface area contributed by atoms with Crippen molar-refractivity contribution in [1.29, 1.82) is 0 Å². The number of carbonyl (C=O) groups is 1. The van der Waals surface area contributed by atoms with Crippen LogP contribution in [0.25, 0.3) is 0 Å². The van der Waals surface area contributed by atoms with Crippen LogP contribution in [0.1, 0.15) is 15.9 Å². The normalized spacial score (nSPS) is 11.2. The van der Waals surface area contributed by atoms with Crippen LogP contribution in [0.15, 0.2) is 24.3 Å². The monoisotopic (exact) mass is 285 g/mol. The van der Waals surface area contributed by atoms with Crippen molar-refractivity contribution >= 4 is 38.4 Å². The van der Waals surface area contributed by atoms with E-state index in [1.54, 1.807) is 0 Å². The summed E-state index contributed by atoms with van der Waals surface area (Å²) in [7, 11) is 1.92. The van der Waals surface area contributed by atoms with E-state index in [0.717, 1.165) is 32.9 Å². The predicted molar refractivity (Wildman–Crippen MR) is 63.1 cm³/mol. The molecule has 0 radical (unpaired) electrons. The minimum absolute atomic E-state index is 0.0373. The average molecular weight is 285 g/mol. The fraction of sp³-hybridized carbons (Fsp3) is 0.125. The first kappa shape index (κ1) is 13.6. The van der Waals surface area contributed by atoms with Crippen molar-refractivity contribution < 1.29 is 18.0 Å². The van der Waals surface area contributed by atoms with Crippen LogP contribution in [-0.2, 0) is 6.18 Å². The topological polar surface area (TPSA) is 29.1 Å². The molecule has 0 spiro atoms. The Morgan fingerprint density at radius 3 is 2.62 bits per heavy atom. The number of benzene rings is 1. The van der Waals surface area contributed by atoms with Crippen LogP contribution >= 0.6 is 32.5 Å². The van der Waals surface area contributed by atoms with Crippen molar-refractivity contribution in [2.24, 2.45) is 0 Å². The van der Waals surface area contributed by atoms with E-state index in [0.29, 0.717) is 0 Å². The highest BCUT2D eigenvalue weighted by molar-refractivity contribution is 9.05. The number of hydrogen-bond donors (Lipinski definition) is 2. The summed E-state index contributed by atoms with van der Waals surface area (Å²) in [6.07, 6.45) is -4.44. The van der Waals surface area contributed by atoms with Crippen molar-refractivity contribution in [3.05, 3.63) is 35.4 Å². The van der Waals surface area contributed by atoms with Crippen LogP contribution in [0.3, 0.4) is 0 Å². The smallest absolute Gasteiger partial charge is 0.286 e. The zero-order valence-corrected chi connectivity index (χ0v) is 10.1. The molecule has 0 atom stereocenters. The number of hydrogen-bond acceptors (Lipinski definition) is 4. The molecule has 1 aromatic rings. The van der Waals surface area contributed by atoms with Gasteiger partial charge < -0.3 is 0 Å². The molecular formula is C8H6F3NOS3. The summed E-state index contributed by atoms with van der Waals surface area (Å²) in [5.41, 5.74) is -0.881. The van der Waals surface area contributed by atoms with E-state index in [9.17, 15) is 18.0 Å². The van der Waals surface area contributed by atoms with Gasteiger partial charge in [-0.1, -0.05) is 17.7 Å². The van der Waals surface area contributed by atoms with E-state index in [1.165, 1.54) is 12.1 Å². The fourth-order valence-electron chi connectivity index (χ4n) is 0.952. The van der Waals surface area contributed by atoms with E-state index in [4.69, 9.17) is 0 Å². The van der Waals surface area contributed by atoms with Crippen molar-refractivity contribution in [1.82, 2.24) is 4.72 Å². The van der Waals surface area contributed by atoms with Crippen molar-refractivity contribution in [3.8, 4) is 0 Å². The van der Waals surface area contributed by atoms with Crippen LogP contribution in [0.5, 0.6) is 0 Å². The first-order chi connectivity index (χ1) is 7.45. The fourth-order valence-corrected chi connectivity index (χ4v) is 1.86. The molecule has 1 N–H and O–H groups in total. The van der Waals surface area contributed by atoms with E-state index < -0.39 is 17.6 Å². The summed E-state index contributed by atoms with van der Waals surface area (Å²) in [6, 6.07) is 4.22. The van der Waals surface area contributed by atoms with Gasteiger partial charge in [0.1, 0.15) is 0 Å². The minimum Gasteiger partial charge on any atom is -0.286 e. The van der Waals surface area contributed by atoms with Crippen molar-refractivity contribution in [2.75, 3.05) is 0 Å². The Morgan fingerprint density at radius 1 is 1.38 bits per heavy atom. The summed E-state index contributed by atoms with van der Waals surface area (Å²) >= 11 is 3.76. The minimum atomic E-state index is -4.44.